The summed E-state index contributed by atoms with van der Waals surface area (Å²) < 4.78 is 27.9. The summed E-state index contributed by atoms with van der Waals surface area (Å²) in [6.45, 7) is 1.99. The molecule has 5 heteroatoms. The predicted molar refractivity (Wildman–Crippen MR) is 71.5 cm³/mol. The van der Waals surface area contributed by atoms with Crippen molar-refractivity contribution in [1.29, 1.82) is 0 Å². The third-order valence-electron chi connectivity index (χ3n) is 2.39. The van der Waals surface area contributed by atoms with Crippen LogP contribution in [0, 0.1) is 6.92 Å². The molecule has 3 nitrogen and oxygen atoms in total. The first-order valence-corrected chi connectivity index (χ1v) is 8.16. The van der Waals surface area contributed by atoms with E-state index in [1.165, 1.54) is 6.26 Å². The molecule has 1 atom stereocenters. The van der Waals surface area contributed by atoms with Crippen molar-refractivity contribution >= 4 is 30.1 Å². The Hall–Kier alpha value is -1.17. The average Bonchev–Trinajstić information content (AvgIpc) is 2.28. The normalized spacial score (nSPS) is 14.3. The molecule has 0 saturated heterocycles. The van der Waals surface area contributed by atoms with Gasteiger partial charge in [0.2, 0.25) is 0 Å². The van der Waals surface area contributed by atoms with E-state index in [0.717, 1.165) is 16.3 Å². The van der Waals surface area contributed by atoms with Gasteiger partial charge in [-0.3, -0.25) is 0 Å². The van der Waals surface area contributed by atoms with Crippen molar-refractivity contribution in [3.63, 3.8) is 0 Å². The fraction of sp³-hybridized carbons (Fsp3) is 0.167. The molecule has 0 amide bonds. The molecule has 0 aliphatic rings. The largest absolute Gasteiger partial charge is 0.702 e. The van der Waals surface area contributed by atoms with Gasteiger partial charge in [-0.25, -0.2) is 0 Å². The van der Waals surface area contributed by atoms with Crippen molar-refractivity contribution in [2.45, 2.75) is 6.92 Å². The van der Waals surface area contributed by atoms with E-state index in [1.54, 1.807) is 12.1 Å². The third kappa shape index (κ3) is 2.74. The Morgan fingerprint density at radius 2 is 2.06 bits per heavy atom. The number of hydrogen-bond donors (Lipinski definition) is 0. The van der Waals surface area contributed by atoms with Gasteiger partial charge in [0, 0.05) is 5.39 Å². The standard InChI is InChI=1S/C12H12O3S2/c1-9-6-7-11-10(8-9)4-3-5-12(11)15-17(13,14)16-2/h3-8H,1-2H3. The molecule has 0 fully saturated rings. The fourth-order valence-corrected chi connectivity index (χ4v) is 2.45. The molecule has 17 heavy (non-hydrogen) atoms. The summed E-state index contributed by atoms with van der Waals surface area (Å²) in [5.74, 6) is 0.372. The Labute approximate surface area is 104 Å². The second-order valence-corrected chi connectivity index (χ2v) is 7.18. The van der Waals surface area contributed by atoms with E-state index in [4.69, 9.17) is 4.18 Å². The summed E-state index contributed by atoms with van der Waals surface area (Å²) in [5, 5.41) is 1.77. The Kier molecular flexibility index (Phi) is 3.33. The van der Waals surface area contributed by atoms with Crippen LogP contribution in [-0.2, 0) is 19.4 Å². The van der Waals surface area contributed by atoms with Gasteiger partial charge in [-0.1, -0.05) is 35.9 Å². The Morgan fingerprint density at radius 3 is 2.76 bits per heavy atom. The topological polar surface area (TPSA) is 49.4 Å². The molecule has 2 aromatic rings. The lowest BCUT2D eigenvalue weighted by Gasteiger charge is -2.10. The Balaban J connectivity index is 2.60. The third-order valence-corrected chi connectivity index (χ3v) is 4.61. The van der Waals surface area contributed by atoms with Gasteiger partial charge in [-0.15, -0.1) is 0 Å². The second-order valence-electron chi connectivity index (χ2n) is 3.64. The number of aryl methyl sites for hydroxylation is 1. The SMILES string of the molecule is C[S+]=S(=O)([O-])Oc1cccc2cc(C)ccc12. The molecule has 0 aliphatic carbocycles. The Morgan fingerprint density at radius 1 is 1.29 bits per heavy atom. The first-order chi connectivity index (χ1) is 8.02. The van der Waals surface area contributed by atoms with Crippen LogP contribution < -0.4 is 4.18 Å². The summed E-state index contributed by atoms with van der Waals surface area (Å²) in [6, 6.07) is 11.2. The van der Waals surface area contributed by atoms with Crippen LogP contribution in [0.3, 0.4) is 0 Å². The minimum Gasteiger partial charge on any atom is -0.702 e. The quantitative estimate of drug-likeness (QED) is 0.786. The van der Waals surface area contributed by atoms with E-state index in [1.807, 2.05) is 31.2 Å². The smallest absolute Gasteiger partial charge is 0.299 e. The van der Waals surface area contributed by atoms with E-state index in [0.29, 0.717) is 16.1 Å². The van der Waals surface area contributed by atoms with E-state index < -0.39 is 9.05 Å². The molecule has 2 aromatic carbocycles. The second kappa shape index (κ2) is 4.60. The highest BCUT2D eigenvalue weighted by molar-refractivity contribution is 8.34. The first kappa shape index (κ1) is 12.3. The number of benzene rings is 2. The summed E-state index contributed by atoms with van der Waals surface area (Å²) in [6.07, 6.45) is 1.48. The summed E-state index contributed by atoms with van der Waals surface area (Å²) in [5.41, 5.74) is 1.13. The maximum atomic E-state index is 11.4. The molecule has 0 heterocycles. The number of hydrogen-bond acceptors (Lipinski definition) is 3. The molecule has 0 aromatic heterocycles. The highest BCUT2D eigenvalue weighted by atomic mass is 32.9. The van der Waals surface area contributed by atoms with E-state index in [9.17, 15) is 8.76 Å². The molecule has 0 bridgehead atoms. The zero-order chi connectivity index (χ0) is 12.5. The minimum atomic E-state index is -3.56. The monoisotopic (exact) mass is 268 g/mol. The fourth-order valence-electron chi connectivity index (χ4n) is 1.59. The van der Waals surface area contributed by atoms with Crippen LogP contribution in [0.1, 0.15) is 5.56 Å². The van der Waals surface area contributed by atoms with Crippen molar-refractivity contribution in [2.75, 3.05) is 6.26 Å². The van der Waals surface area contributed by atoms with Crippen molar-refractivity contribution in [2.24, 2.45) is 0 Å². The van der Waals surface area contributed by atoms with Gasteiger partial charge in [0.1, 0.15) is 0 Å². The molecule has 0 saturated carbocycles. The summed E-state index contributed by atoms with van der Waals surface area (Å²) in [4.78, 5) is 0. The van der Waals surface area contributed by atoms with Crippen LogP contribution in [0.25, 0.3) is 10.8 Å². The van der Waals surface area contributed by atoms with Gasteiger partial charge < -0.3 is 8.74 Å². The molecule has 2 rings (SSSR count). The molecule has 0 radical (unpaired) electrons. The van der Waals surface area contributed by atoms with Gasteiger partial charge in [-0.05, 0) is 18.4 Å². The average molecular weight is 268 g/mol. The van der Waals surface area contributed by atoms with Crippen LogP contribution in [0.5, 0.6) is 5.75 Å². The van der Waals surface area contributed by atoms with Crippen molar-refractivity contribution < 1.29 is 12.9 Å². The lowest BCUT2D eigenvalue weighted by molar-refractivity contribution is 0.438. The summed E-state index contributed by atoms with van der Waals surface area (Å²) >= 11 is 0. The van der Waals surface area contributed by atoms with E-state index in [-0.39, 0.29) is 0 Å². The maximum absolute atomic E-state index is 11.4. The van der Waals surface area contributed by atoms with Crippen molar-refractivity contribution in [3.05, 3.63) is 42.0 Å². The molecular formula is C12H12O3S2. The molecule has 90 valence electrons. The Bertz CT molecular complexity index is 671. The van der Waals surface area contributed by atoms with Crippen molar-refractivity contribution in [3.8, 4) is 5.75 Å². The molecule has 0 N–H and O–H groups in total. The van der Waals surface area contributed by atoms with E-state index in [2.05, 4.69) is 0 Å². The minimum absolute atomic E-state index is 0.372. The van der Waals surface area contributed by atoms with Gasteiger partial charge in [0.25, 0.3) is 19.4 Å². The van der Waals surface area contributed by atoms with Gasteiger partial charge >= 0.3 is 0 Å². The van der Waals surface area contributed by atoms with Gasteiger partial charge in [0.15, 0.2) is 12.0 Å². The van der Waals surface area contributed by atoms with Crippen LogP contribution >= 0.6 is 0 Å². The van der Waals surface area contributed by atoms with Crippen LogP contribution in [0.4, 0.5) is 0 Å². The van der Waals surface area contributed by atoms with Crippen LogP contribution in [0.2, 0.25) is 0 Å². The molecule has 0 spiro atoms. The predicted octanol–water partition coefficient (Wildman–Crippen LogP) is 2.48. The van der Waals surface area contributed by atoms with Crippen LogP contribution in [0.15, 0.2) is 36.4 Å². The lowest BCUT2D eigenvalue weighted by atomic mass is 10.1. The zero-order valence-electron chi connectivity index (χ0n) is 9.51. The van der Waals surface area contributed by atoms with Crippen molar-refractivity contribution in [1.82, 2.24) is 0 Å². The highest BCUT2D eigenvalue weighted by Crippen LogP contribution is 2.27. The molecular weight excluding hydrogens is 256 g/mol. The lowest BCUT2D eigenvalue weighted by Crippen LogP contribution is -2.08. The van der Waals surface area contributed by atoms with Gasteiger partial charge in [-0.2, -0.15) is 4.21 Å². The molecule has 0 aliphatic heterocycles. The van der Waals surface area contributed by atoms with Gasteiger partial charge in [0.05, 0.1) is 0 Å². The van der Waals surface area contributed by atoms with Crippen LogP contribution in [-0.4, -0.2) is 15.0 Å². The molecule has 1 unspecified atom stereocenters. The number of rotatable bonds is 2. The highest BCUT2D eigenvalue weighted by Gasteiger charge is 2.08. The first-order valence-electron chi connectivity index (χ1n) is 5.01. The zero-order valence-corrected chi connectivity index (χ0v) is 11.1. The number of fused-ring (bicyclic) bond motifs is 1. The summed E-state index contributed by atoms with van der Waals surface area (Å²) in [7, 11) is -2.87. The maximum Gasteiger partial charge on any atom is 0.299 e. The van der Waals surface area contributed by atoms with E-state index >= 15 is 0 Å².